The average molecular weight is 374 g/mol. The number of aromatic carboxylic acids is 1. The van der Waals surface area contributed by atoms with Gasteiger partial charge in [-0.2, -0.15) is 0 Å². The third-order valence-corrected chi connectivity index (χ3v) is 3.58. The summed E-state index contributed by atoms with van der Waals surface area (Å²) >= 11 is 0. The molecule has 0 unspecified atom stereocenters. The van der Waals surface area contributed by atoms with Crippen molar-refractivity contribution in [2.75, 3.05) is 19.0 Å². The zero-order valence-corrected chi connectivity index (χ0v) is 14.7. The number of rotatable bonds is 8. The van der Waals surface area contributed by atoms with E-state index in [0.29, 0.717) is 13.0 Å². The molecule has 0 radical (unpaired) electrons. The van der Waals surface area contributed by atoms with E-state index >= 15 is 0 Å². The van der Waals surface area contributed by atoms with E-state index < -0.39 is 22.5 Å². The lowest BCUT2D eigenvalue weighted by atomic mass is 10.1. The van der Waals surface area contributed by atoms with Crippen LogP contribution in [0.15, 0.2) is 36.4 Å². The predicted octanol–water partition coefficient (Wildman–Crippen LogP) is 3.34. The quantitative estimate of drug-likeness (QED) is 0.535. The molecule has 2 aromatic carbocycles. The van der Waals surface area contributed by atoms with Crippen LogP contribution in [0.1, 0.15) is 34.1 Å². The number of hydrogen-bond donors (Lipinski definition) is 2. The van der Waals surface area contributed by atoms with Crippen LogP contribution >= 0.6 is 0 Å². The van der Waals surface area contributed by atoms with Crippen LogP contribution in [-0.4, -0.2) is 35.6 Å². The van der Waals surface area contributed by atoms with Crippen molar-refractivity contribution in [3.63, 3.8) is 0 Å². The molecule has 0 heterocycles. The Bertz CT molecular complexity index is 880. The van der Waals surface area contributed by atoms with Gasteiger partial charge in [-0.15, -0.1) is 0 Å². The highest BCUT2D eigenvalue weighted by atomic mass is 16.6. The lowest BCUT2D eigenvalue weighted by Crippen LogP contribution is -2.15. The second-order valence-corrected chi connectivity index (χ2v) is 5.46. The van der Waals surface area contributed by atoms with E-state index in [9.17, 15) is 19.7 Å². The van der Waals surface area contributed by atoms with Gasteiger partial charge in [0.25, 0.3) is 11.6 Å². The molecule has 9 heteroatoms. The van der Waals surface area contributed by atoms with Gasteiger partial charge in [-0.3, -0.25) is 14.9 Å². The monoisotopic (exact) mass is 374 g/mol. The number of amides is 1. The van der Waals surface area contributed by atoms with Crippen molar-refractivity contribution >= 4 is 23.3 Å². The van der Waals surface area contributed by atoms with Crippen molar-refractivity contribution in [3.05, 3.63) is 57.6 Å². The largest absolute Gasteiger partial charge is 0.497 e. The first-order valence-electron chi connectivity index (χ1n) is 8.01. The molecule has 2 aromatic rings. The maximum atomic E-state index is 12.6. The number of carboxylic acid groups (broad SMARTS) is 1. The molecule has 0 atom stereocenters. The second-order valence-electron chi connectivity index (χ2n) is 5.46. The smallest absolute Gasteiger partial charge is 0.335 e. The van der Waals surface area contributed by atoms with Crippen molar-refractivity contribution in [2.24, 2.45) is 0 Å². The molecule has 0 fully saturated rings. The summed E-state index contributed by atoms with van der Waals surface area (Å²) in [6, 6.07) is 7.77. The molecular formula is C18H18N2O7. The van der Waals surface area contributed by atoms with Gasteiger partial charge in [0.2, 0.25) is 0 Å². The van der Waals surface area contributed by atoms with Gasteiger partial charge in [-0.25, -0.2) is 4.79 Å². The minimum atomic E-state index is -1.18. The van der Waals surface area contributed by atoms with Crippen molar-refractivity contribution in [3.8, 4) is 11.5 Å². The standard InChI is InChI=1S/C18H18N2O7/c1-3-8-27-16-7-4-11(18(22)23)9-14(16)19-17(21)13-10-12(26-2)5-6-15(13)20(24)25/h4-7,9-10H,3,8H2,1-2H3,(H,19,21)(H,22,23). The zero-order valence-electron chi connectivity index (χ0n) is 14.7. The molecule has 2 rings (SSSR count). The molecule has 9 nitrogen and oxygen atoms in total. The summed E-state index contributed by atoms with van der Waals surface area (Å²) in [5, 5.41) is 22.9. The Balaban J connectivity index is 2.43. The Morgan fingerprint density at radius 1 is 1.22 bits per heavy atom. The number of benzene rings is 2. The minimum absolute atomic E-state index is 0.0608. The minimum Gasteiger partial charge on any atom is -0.497 e. The normalized spacial score (nSPS) is 10.1. The highest BCUT2D eigenvalue weighted by molar-refractivity contribution is 6.08. The highest BCUT2D eigenvalue weighted by Crippen LogP contribution is 2.29. The van der Waals surface area contributed by atoms with E-state index in [-0.39, 0.29) is 28.3 Å². The topological polar surface area (TPSA) is 128 Å². The number of carboxylic acids is 1. The Hall–Kier alpha value is -3.62. The van der Waals surface area contributed by atoms with Gasteiger partial charge < -0.3 is 19.9 Å². The van der Waals surface area contributed by atoms with Crippen LogP contribution in [-0.2, 0) is 0 Å². The van der Waals surface area contributed by atoms with Crippen molar-refractivity contribution in [1.82, 2.24) is 0 Å². The van der Waals surface area contributed by atoms with Gasteiger partial charge in [-0.05, 0) is 36.8 Å². The number of nitrogens with zero attached hydrogens (tertiary/aromatic N) is 1. The SMILES string of the molecule is CCCOc1ccc(C(=O)O)cc1NC(=O)c1cc(OC)ccc1[N+](=O)[O-]. The van der Waals surface area contributed by atoms with Gasteiger partial charge in [-0.1, -0.05) is 6.92 Å². The number of nitrogens with one attached hydrogen (secondary N) is 1. The lowest BCUT2D eigenvalue weighted by Gasteiger charge is -2.13. The lowest BCUT2D eigenvalue weighted by molar-refractivity contribution is -0.385. The van der Waals surface area contributed by atoms with Crippen LogP contribution < -0.4 is 14.8 Å². The number of nitro groups is 1. The van der Waals surface area contributed by atoms with Gasteiger partial charge in [0.15, 0.2) is 0 Å². The summed E-state index contributed by atoms with van der Waals surface area (Å²) in [6.45, 7) is 2.25. The van der Waals surface area contributed by atoms with Gasteiger partial charge in [0.1, 0.15) is 17.1 Å². The predicted molar refractivity (Wildman–Crippen MR) is 96.8 cm³/mol. The van der Waals surface area contributed by atoms with Crippen LogP contribution in [0.2, 0.25) is 0 Å². The molecule has 27 heavy (non-hydrogen) atoms. The zero-order chi connectivity index (χ0) is 20.0. The third-order valence-electron chi connectivity index (χ3n) is 3.58. The number of nitro benzene ring substituents is 1. The van der Waals surface area contributed by atoms with E-state index in [2.05, 4.69) is 5.32 Å². The van der Waals surface area contributed by atoms with E-state index in [0.717, 1.165) is 6.07 Å². The molecule has 0 aromatic heterocycles. The summed E-state index contributed by atoms with van der Waals surface area (Å²) in [5.74, 6) is -1.43. The molecule has 0 aliphatic carbocycles. The fourth-order valence-corrected chi connectivity index (χ4v) is 2.27. The third kappa shape index (κ3) is 4.72. The van der Waals surface area contributed by atoms with Crippen LogP contribution in [0.3, 0.4) is 0 Å². The molecule has 0 bridgehead atoms. The summed E-state index contributed by atoms with van der Waals surface area (Å²) in [5.41, 5.74) is -0.583. The number of methoxy groups -OCH3 is 1. The molecular weight excluding hydrogens is 356 g/mol. The number of anilines is 1. The number of ether oxygens (including phenoxy) is 2. The first-order chi connectivity index (χ1) is 12.9. The number of hydrogen-bond acceptors (Lipinski definition) is 6. The molecule has 0 saturated carbocycles. The van der Waals surface area contributed by atoms with Crippen LogP contribution in [0.5, 0.6) is 11.5 Å². The van der Waals surface area contributed by atoms with Crippen molar-refractivity contribution in [1.29, 1.82) is 0 Å². The van der Waals surface area contributed by atoms with E-state index in [4.69, 9.17) is 14.6 Å². The van der Waals surface area contributed by atoms with Gasteiger partial charge in [0, 0.05) is 6.07 Å². The van der Waals surface area contributed by atoms with Crippen LogP contribution in [0.4, 0.5) is 11.4 Å². The molecule has 0 aliphatic rings. The van der Waals surface area contributed by atoms with Gasteiger partial charge in [0.05, 0.1) is 29.9 Å². The Morgan fingerprint density at radius 2 is 1.96 bits per heavy atom. The fourth-order valence-electron chi connectivity index (χ4n) is 2.27. The molecule has 0 aliphatic heterocycles. The molecule has 1 amide bonds. The first-order valence-corrected chi connectivity index (χ1v) is 8.01. The maximum absolute atomic E-state index is 12.6. The second kappa shape index (κ2) is 8.65. The number of carbonyl (C=O) groups is 2. The highest BCUT2D eigenvalue weighted by Gasteiger charge is 2.22. The summed E-state index contributed by atoms with van der Waals surface area (Å²) < 4.78 is 10.5. The van der Waals surface area contributed by atoms with Crippen LogP contribution in [0, 0.1) is 10.1 Å². The van der Waals surface area contributed by atoms with Crippen molar-refractivity contribution < 1.29 is 29.1 Å². The molecule has 2 N–H and O–H groups in total. The molecule has 142 valence electrons. The van der Waals surface area contributed by atoms with Gasteiger partial charge >= 0.3 is 5.97 Å². The first kappa shape index (κ1) is 19.7. The number of carbonyl (C=O) groups excluding carboxylic acids is 1. The summed E-state index contributed by atoms with van der Waals surface area (Å²) in [6.07, 6.45) is 0.704. The fraction of sp³-hybridized carbons (Fsp3) is 0.222. The Labute approximate surface area is 154 Å². The van der Waals surface area contributed by atoms with E-state index in [1.165, 1.54) is 37.4 Å². The average Bonchev–Trinajstić information content (AvgIpc) is 2.66. The van der Waals surface area contributed by atoms with Crippen molar-refractivity contribution in [2.45, 2.75) is 13.3 Å². The molecule has 0 spiro atoms. The van der Waals surface area contributed by atoms with E-state index in [1.54, 1.807) is 0 Å². The Kier molecular flexibility index (Phi) is 6.32. The molecule has 0 saturated heterocycles. The maximum Gasteiger partial charge on any atom is 0.335 e. The Morgan fingerprint density at radius 3 is 2.56 bits per heavy atom. The van der Waals surface area contributed by atoms with E-state index in [1.807, 2.05) is 6.92 Å². The summed E-state index contributed by atoms with van der Waals surface area (Å²) in [7, 11) is 1.37. The van der Waals surface area contributed by atoms with Crippen LogP contribution in [0.25, 0.3) is 0 Å². The summed E-state index contributed by atoms with van der Waals surface area (Å²) in [4.78, 5) is 34.4.